The van der Waals surface area contributed by atoms with Crippen molar-refractivity contribution in [2.45, 2.75) is 19.9 Å². The number of ether oxygens (including phenoxy) is 2. The van der Waals surface area contributed by atoms with Crippen molar-refractivity contribution in [3.63, 3.8) is 0 Å². The van der Waals surface area contributed by atoms with E-state index in [9.17, 15) is 4.79 Å². The Bertz CT molecular complexity index is 444. The summed E-state index contributed by atoms with van der Waals surface area (Å²) in [4.78, 5) is 13.9. The van der Waals surface area contributed by atoms with E-state index in [1.807, 2.05) is 38.1 Å². The number of rotatable bonds is 4. The standard InChI is InChI=1S/C15H22N2O3/c1-3-20-14-6-4-5-13(11-14)12(2)16-15(18)17-7-9-19-10-8-17/h4-6,11-12H,3,7-10H2,1-2H3,(H,16,18)/t12-/m1/s1. The SMILES string of the molecule is CCOc1cccc([C@@H](C)NC(=O)N2CCOCC2)c1. The molecule has 1 atom stereocenters. The molecule has 1 aromatic rings. The van der Waals surface area contributed by atoms with Crippen LogP contribution in [0.2, 0.25) is 0 Å². The molecule has 2 amide bonds. The minimum atomic E-state index is -0.0502. The van der Waals surface area contributed by atoms with Crippen LogP contribution in [0.25, 0.3) is 0 Å². The number of carbonyl (C=O) groups is 1. The normalized spacial score (nSPS) is 16.6. The lowest BCUT2D eigenvalue weighted by atomic mass is 10.1. The molecule has 0 saturated carbocycles. The van der Waals surface area contributed by atoms with Gasteiger partial charge in [0.15, 0.2) is 0 Å². The van der Waals surface area contributed by atoms with E-state index < -0.39 is 0 Å². The molecule has 0 unspecified atom stereocenters. The Morgan fingerprint density at radius 1 is 1.45 bits per heavy atom. The Hall–Kier alpha value is -1.75. The monoisotopic (exact) mass is 278 g/mol. The maximum atomic E-state index is 12.1. The van der Waals surface area contributed by atoms with Crippen LogP contribution in [0.15, 0.2) is 24.3 Å². The number of benzene rings is 1. The summed E-state index contributed by atoms with van der Waals surface area (Å²) in [5, 5.41) is 3.01. The highest BCUT2D eigenvalue weighted by atomic mass is 16.5. The van der Waals surface area contributed by atoms with Crippen LogP contribution < -0.4 is 10.1 Å². The van der Waals surface area contributed by atoms with Crippen molar-refractivity contribution < 1.29 is 14.3 Å². The lowest BCUT2D eigenvalue weighted by Gasteiger charge is -2.28. The van der Waals surface area contributed by atoms with E-state index in [-0.39, 0.29) is 12.1 Å². The number of hydrogen-bond donors (Lipinski definition) is 1. The third-order valence-corrected chi connectivity index (χ3v) is 3.31. The third-order valence-electron chi connectivity index (χ3n) is 3.31. The predicted octanol–water partition coefficient (Wildman–Crippen LogP) is 2.19. The Balaban J connectivity index is 1.94. The average Bonchev–Trinajstić information content (AvgIpc) is 2.48. The van der Waals surface area contributed by atoms with Gasteiger partial charge in [-0.1, -0.05) is 12.1 Å². The molecule has 5 nitrogen and oxygen atoms in total. The summed E-state index contributed by atoms with van der Waals surface area (Å²) in [6.07, 6.45) is 0. The van der Waals surface area contributed by atoms with Crippen LogP contribution in [-0.4, -0.2) is 43.8 Å². The van der Waals surface area contributed by atoms with E-state index in [1.54, 1.807) is 4.90 Å². The zero-order chi connectivity index (χ0) is 14.4. The highest BCUT2D eigenvalue weighted by Gasteiger charge is 2.18. The summed E-state index contributed by atoms with van der Waals surface area (Å²) in [7, 11) is 0. The van der Waals surface area contributed by atoms with Gasteiger partial charge >= 0.3 is 6.03 Å². The molecule has 20 heavy (non-hydrogen) atoms. The van der Waals surface area contributed by atoms with Crippen LogP contribution in [-0.2, 0) is 4.74 Å². The Labute approximate surface area is 119 Å². The molecule has 110 valence electrons. The molecule has 1 fully saturated rings. The number of amides is 2. The molecular weight excluding hydrogens is 256 g/mol. The van der Waals surface area contributed by atoms with Gasteiger partial charge in [-0.05, 0) is 31.5 Å². The molecule has 5 heteroatoms. The first-order chi connectivity index (χ1) is 9.70. The summed E-state index contributed by atoms with van der Waals surface area (Å²) in [6, 6.07) is 7.73. The van der Waals surface area contributed by atoms with Gasteiger partial charge in [-0.3, -0.25) is 0 Å². The lowest BCUT2D eigenvalue weighted by molar-refractivity contribution is 0.0526. The van der Waals surface area contributed by atoms with Crippen LogP contribution in [0, 0.1) is 0 Å². The first-order valence-corrected chi connectivity index (χ1v) is 7.06. The van der Waals surface area contributed by atoms with Gasteiger partial charge in [0.05, 0.1) is 25.9 Å². The predicted molar refractivity (Wildman–Crippen MR) is 76.9 cm³/mol. The molecule has 0 aliphatic carbocycles. The smallest absolute Gasteiger partial charge is 0.318 e. The van der Waals surface area contributed by atoms with Gasteiger partial charge in [0.1, 0.15) is 5.75 Å². The van der Waals surface area contributed by atoms with Gasteiger partial charge < -0.3 is 19.7 Å². The van der Waals surface area contributed by atoms with E-state index in [0.717, 1.165) is 11.3 Å². The van der Waals surface area contributed by atoms with Crippen LogP contribution in [0.3, 0.4) is 0 Å². The van der Waals surface area contributed by atoms with Crippen molar-refractivity contribution in [2.75, 3.05) is 32.9 Å². The largest absolute Gasteiger partial charge is 0.494 e. The highest BCUT2D eigenvalue weighted by molar-refractivity contribution is 5.74. The van der Waals surface area contributed by atoms with Gasteiger partial charge in [0.25, 0.3) is 0 Å². The molecule has 0 bridgehead atoms. The molecule has 0 spiro atoms. The molecule has 1 heterocycles. The number of carbonyl (C=O) groups excluding carboxylic acids is 1. The fourth-order valence-electron chi connectivity index (χ4n) is 2.17. The molecule has 1 N–H and O–H groups in total. The summed E-state index contributed by atoms with van der Waals surface area (Å²) in [5.41, 5.74) is 1.04. The van der Waals surface area contributed by atoms with E-state index in [4.69, 9.17) is 9.47 Å². The first kappa shape index (κ1) is 14.7. The second-order valence-electron chi connectivity index (χ2n) is 4.78. The Kier molecular flexibility index (Phi) is 5.24. The second kappa shape index (κ2) is 7.14. The van der Waals surface area contributed by atoms with Crippen molar-refractivity contribution in [1.29, 1.82) is 0 Å². The minimum Gasteiger partial charge on any atom is -0.494 e. The third kappa shape index (κ3) is 3.87. The zero-order valence-corrected chi connectivity index (χ0v) is 12.1. The van der Waals surface area contributed by atoms with Crippen LogP contribution in [0.5, 0.6) is 5.75 Å². The first-order valence-electron chi connectivity index (χ1n) is 7.06. The van der Waals surface area contributed by atoms with Crippen LogP contribution in [0.1, 0.15) is 25.5 Å². The number of morpholine rings is 1. The second-order valence-corrected chi connectivity index (χ2v) is 4.78. The van der Waals surface area contributed by atoms with E-state index in [0.29, 0.717) is 32.9 Å². The van der Waals surface area contributed by atoms with E-state index >= 15 is 0 Å². The number of hydrogen-bond acceptors (Lipinski definition) is 3. The maximum absolute atomic E-state index is 12.1. The van der Waals surface area contributed by atoms with Gasteiger partial charge in [0, 0.05) is 13.1 Å². The minimum absolute atomic E-state index is 0.0392. The van der Waals surface area contributed by atoms with Crippen molar-refractivity contribution in [1.82, 2.24) is 10.2 Å². The summed E-state index contributed by atoms with van der Waals surface area (Å²) < 4.78 is 10.7. The van der Waals surface area contributed by atoms with Crippen molar-refractivity contribution >= 4 is 6.03 Å². The summed E-state index contributed by atoms with van der Waals surface area (Å²) >= 11 is 0. The van der Waals surface area contributed by atoms with Gasteiger partial charge in [-0.15, -0.1) is 0 Å². The fraction of sp³-hybridized carbons (Fsp3) is 0.533. The molecule has 0 radical (unpaired) electrons. The number of nitrogens with one attached hydrogen (secondary N) is 1. The molecular formula is C15H22N2O3. The van der Waals surface area contributed by atoms with E-state index in [2.05, 4.69) is 5.32 Å². The topological polar surface area (TPSA) is 50.8 Å². The van der Waals surface area contributed by atoms with Gasteiger partial charge in [0.2, 0.25) is 0 Å². The summed E-state index contributed by atoms with van der Waals surface area (Å²) in [6.45, 7) is 7.09. The van der Waals surface area contributed by atoms with Crippen molar-refractivity contribution in [3.8, 4) is 5.75 Å². The lowest BCUT2D eigenvalue weighted by Crippen LogP contribution is -2.46. The highest BCUT2D eigenvalue weighted by Crippen LogP contribution is 2.19. The van der Waals surface area contributed by atoms with Crippen molar-refractivity contribution in [3.05, 3.63) is 29.8 Å². The van der Waals surface area contributed by atoms with Crippen LogP contribution >= 0.6 is 0 Å². The molecule has 2 rings (SSSR count). The fourth-order valence-corrected chi connectivity index (χ4v) is 2.17. The quantitative estimate of drug-likeness (QED) is 0.918. The zero-order valence-electron chi connectivity index (χ0n) is 12.1. The molecule has 1 aliphatic rings. The Morgan fingerprint density at radius 2 is 2.20 bits per heavy atom. The molecule has 1 saturated heterocycles. The number of nitrogens with zero attached hydrogens (tertiary/aromatic N) is 1. The van der Waals surface area contributed by atoms with E-state index in [1.165, 1.54) is 0 Å². The Morgan fingerprint density at radius 3 is 2.90 bits per heavy atom. The molecule has 0 aromatic heterocycles. The van der Waals surface area contributed by atoms with Crippen molar-refractivity contribution in [2.24, 2.45) is 0 Å². The van der Waals surface area contributed by atoms with Gasteiger partial charge in [-0.25, -0.2) is 4.79 Å². The van der Waals surface area contributed by atoms with Crippen LogP contribution in [0.4, 0.5) is 4.79 Å². The maximum Gasteiger partial charge on any atom is 0.318 e. The average molecular weight is 278 g/mol. The van der Waals surface area contributed by atoms with Gasteiger partial charge in [-0.2, -0.15) is 0 Å². The number of urea groups is 1. The molecule has 1 aliphatic heterocycles. The summed E-state index contributed by atoms with van der Waals surface area (Å²) in [5.74, 6) is 0.831. The molecule has 1 aromatic carbocycles.